The second-order valence-electron chi connectivity index (χ2n) is 5.65. The van der Waals surface area contributed by atoms with Crippen LogP contribution in [0.5, 0.6) is 0 Å². The Hall–Kier alpha value is -1.16. The van der Waals surface area contributed by atoms with Crippen LogP contribution in [0, 0.1) is 5.92 Å². The highest BCUT2D eigenvalue weighted by Crippen LogP contribution is 2.13. The molecule has 1 unspecified atom stereocenters. The monoisotopic (exact) mass is 248 g/mol. The van der Waals surface area contributed by atoms with Gasteiger partial charge in [0.25, 0.3) is 0 Å². The topological polar surface area (TPSA) is 41.0 Å². The minimum absolute atomic E-state index is 0.604. The average molecular weight is 248 g/mol. The molecule has 1 N–H and O–H groups in total. The maximum atomic E-state index is 4.32. The summed E-state index contributed by atoms with van der Waals surface area (Å²) in [6.45, 7) is 6.57. The van der Waals surface area contributed by atoms with Crippen molar-refractivity contribution in [2.45, 2.75) is 39.2 Å². The van der Waals surface area contributed by atoms with Gasteiger partial charge in [0.15, 0.2) is 5.82 Å². The van der Waals surface area contributed by atoms with Gasteiger partial charge in [-0.05, 0) is 43.9 Å². The Morgan fingerprint density at radius 1 is 1.39 bits per heavy atom. The summed E-state index contributed by atoms with van der Waals surface area (Å²) in [5, 5.41) is 12.1. The van der Waals surface area contributed by atoms with E-state index < -0.39 is 0 Å². The largest absolute Gasteiger partial charge is 0.357 e. The molecule has 0 bridgehead atoms. The zero-order valence-electron chi connectivity index (χ0n) is 11.7. The lowest BCUT2D eigenvalue weighted by molar-refractivity contribution is 0.593. The Morgan fingerprint density at radius 3 is 2.78 bits per heavy atom. The molecule has 0 saturated carbocycles. The van der Waals surface area contributed by atoms with Crippen molar-refractivity contribution in [3.05, 3.63) is 17.8 Å². The molecule has 0 radical (unpaired) electrons. The van der Waals surface area contributed by atoms with E-state index in [4.69, 9.17) is 0 Å². The summed E-state index contributed by atoms with van der Waals surface area (Å²) in [6, 6.07) is 4.78. The van der Waals surface area contributed by atoms with E-state index in [0.29, 0.717) is 12.0 Å². The number of hydrogen-bond donors (Lipinski definition) is 1. The molecule has 100 valence electrons. The van der Waals surface area contributed by atoms with E-state index in [1.165, 1.54) is 12.8 Å². The Labute approximate surface area is 110 Å². The normalized spacial score (nSPS) is 19.4. The molecular formula is C14H24N4. The molecule has 1 fully saturated rings. The van der Waals surface area contributed by atoms with Crippen molar-refractivity contribution in [3.8, 4) is 0 Å². The molecule has 4 nitrogen and oxygen atoms in total. The third-order valence-corrected chi connectivity index (χ3v) is 3.37. The molecule has 2 rings (SSSR count). The second-order valence-corrected chi connectivity index (χ2v) is 5.65. The maximum absolute atomic E-state index is 4.32. The molecule has 0 spiro atoms. The first-order chi connectivity index (χ1) is 8.65. The zero-order chi connectivity index (χ0) is 13.0. The number of nitrogens with one attached hydrogen (secondary N) is 1. The molecule has 1 aliphatic heterocycles. The lowest BCUT2D eigenvalue weighted by atomic mass is 10.1. The van der Waals surface area contributed by atoms with Gasteiger partial charge >= 0.3 is 0 Å². The summed E-state index contributed by atoms with van der Waals surface area (Å²) in [7, 11) is 2.09. The van der Waals surface area contributed by atoms with Crippen LogP contribution in [0.2, 0.25) is 0 Å². The first-order valence-corrected chi connectivity index (χ1v) is 6.92. The number of hydrogen-bond acceptors (Lipinski definition) is 4. The van der Waals surface area contributed by atoms with Crippen molar-refractivity contribution in [2.24, 2.45) is 5.92 Å². The van der Waals surface area contributed by atoms with Gasteiger partial charge in [-0.15, -0.1) is 5.10 Å². The van der Waals surface area contributed by atoms with Gasteiger partial charge < -0.3 is 10.2 Å². The fourth-order valence-electron chi connectivity index (χ4n) is 2.42. The van der Waals surface area contributed by atoms with Crippen molar-refractivity contribution < 1.29 is 0 Å². The van der Waals surface area contributed by atoms with Crippen LogP contribution < -0.4 is 10.2 Å². The predicted molar refractivity (Wildman–Crippen MR) is 74.9 cm³/mol. The van der Waals surface area contributed by atoms with E-state index in [9.17, 15) is 0 Å². The average Bonchev–Trinajstić information content (AvgIpc) is 2.82. The zero-order valence-corrected chi connectivity index (χ0v) is 11.7. The van der Waals surface area contributed by atoms with Crippen LogP contribution in [0.1, 0.15) is 32.4 Å². The van der Waals surface area contributed by atoms with E-state index in [-0.39, 0.29) is 0 Å². The maximum Gasteiger partial charge on any atom is 0.151 e. The molecule has 18 heavy (non-hydrogen) atoms. The molecule has 4 heteroatoms. The molecule has 1 aromatic heterocycles. The number of rotatable bonds is 5. The summed E-state index contributed by atoms with van der Waals surface area (Å²) in [6.07, 6.45) is 3.56. The second kappa shape index (κ2) is 6.14. The van der Waals surface area contributed by atoms with Gasteiger partial charge in [0.2, 0.25) is 0 Å². The minimum atomic E-state index is 0.604. The Balaban J connectivity index is 1.91. The van der Waals surface area contributed by atoms with Crippen LogP contribution in [0.15, 0.2) is 12.1 Å². The first kappa shape index (κ1) is 13.3. The summed E-state index contributed by atoms with van der Waals surface area (Å²) in [4.78, 5) is 2.19. The first-order valence-electron chi connectivity index (χ1n) is 6.92. The van der Waals surface area contributed by atoms with Gasteiger partial charge in [0, 0.05) is 19.6 Å². The number of nitrogens with zero attached hydrogens (tertiary/aromatic N) is 3. The Morgan fingerprint density at radius 2 is 2.22 bits per heavy atom. The van der Waals surface area contributed by atoms with Crippen LogP contribution in [0.3, 0.4) is 0 Å². The summed E-state index contributed by atoms with van der Waals surface area (Å²) in [5.41, 5.74) is 1.08. The van der Waals surface area contributed by atoms with Gasteiger partial charge in [-0.2, -0.15) is 5.10 Å². The van der Waals surface area contributed by atoms with Gasteiger partial charge in [-0.25, -0.2) is 0 Å². The summed E-state index contributed by atoms with van der Waals surface area (Å²) >= 11 is 0. The highest BCUT2D eigenvalue weighted by atomic mass is 15.3. The predicted octanol–water partition coefficient (Wildman–Crippen LogP) is 1.86. The number of likely N-dealkylation sites (N-methyl/N-ethyl adjacent to an activating group) is 1. The van der Waals surface area contributed by atoms with E-state index in [1.807, 2.05) is 0 Å². The third kappa shape index (κ3) is 3.67. The summed E-state index contributed by atoms with van der Waals surface area (Å²) < 4.78 is 0. The summed E-state index contributed by atoms with van der Waals surface area (Å²) in [5.74, 6) is 1.60. The van der Waals surface area contributed by atoms with Crippen molar-refractivity contribution in [2.75, 3.05) is 25.0 Å². The van der Waals surface area contributed by atoms with Crippen LogP contribution in [-0.4, -0.2) is 36.4 Å². The highest BCUT2D eigenvalue weighted by Gasteiger charge is 2.16. The molecule has 0 aromatic carbocycles. The molecular weight excluding hydrogens is 224 g/mol. The fraction of sp³-hybridized carbons (Fsp3) is 0.714. The van der Waals surface area contributed by atoms with E-state index in [0.717, 1.165) is 31.0 Å². The van der Waals surface area contributed by atoms with Gasteiger partial charge in [-0.3, -0.25) is 0 Å². The van der Waals surface area contributed by atoms with Crippen LogP contribution in [-0.2, 0) is 6.42 Å². The lowest BCUT2D eigenvalue weighted by Gasteiger charge is -2.21. The van der Waals surface area contributed by atoms with E-state index in [1.54, 1.807) is 0 Å². The van der Waals surface area contributed by atoms with Gasteiger partial charge in [-0.1, -0.05) is 13.8 Å². The fourth-order valence-corrected chi connectivity index (χ4v) is 2.42. The molecule has 2 heterocycles. The molecule has 1 aliphatic rings. The number of anilines is 1. The molecule has 1 saturated heterocycles. The van der Waals surface area contributed by atoms with Gasteiger partial charge in [0.05, 0.1) is 5.69 Å². The standard InChI is InChI=1S/C14H24N4/c1-11(2)9-12-6-7-14(17-16-12)18(3)10-13-5-4-8-15-13/h6-7,11,13,15H,4-5,8-10H2,1-3H3. The van der Waals surface area contributed by atoms with Crippen molar-refractivity contribution in [3.63, 3.8) is 0 Å². The van der Waals surface area contributed by atoms with Crippen LogP contribution in [0.25, 0.3) is 0 Å². The lowest BCUT2D eigenvalue weighted by Crippen LogP contribution is -2.35. The molecule has 1 aromatic rings. The Bertz CT molecular complexity index is 355. The minimum Gasteiger partial charge on any atom is -0.357 e. The third-order valence-electron chi connectivity index (χ3n) is 3.37. The van der Waals surface area contributed by atoms with Crippen LogP contribution in [0.4, 0.5) is 5.82 Å². The van der Waals surface area contributed by atoms with Crippen molar-refractivity contribution in [1.82, 2.24) is 15.5 Å². The van der Waals surface area contributed by atoms with Crippen molar-refractivity contribution >= 4 is 5.82 Å². The van der Waals surface area contributed by atoms with E-state index >= 15 is 0 Å². The van der Waals surface area contributed by atoms with Crippen molar-refractivity contribution in [1.29, 1.82) is 0 Å². The molecule has 0 aliphatic carbocycles. The SMILES string of the molecule is CC(C)Cc1ccc(N(C)CC2CCCN2)nn1. The van der Waals surface area contributed by atoms with Crippen LogP contribution >= 0.6 is 0 Å². The quantitative estimate of drug-likeness (QED) is 0.863. The molecule has 1 atom stereocenters. The van der Waals surface area contributed by atoms with Gasteiger partial charge in [0.1, 0.15) is 0 Å². The van der Waals surface area contributed by atoms with E-state index in [2.05, 4.69) is 53.4 Å². The highest BCUT2D eigenvalue weighted by molar-refractivity contribution is 5.36. The number of aromatic nitrogens is 2. The smallest absolute Gasteiger partial charge is 0.151 e. The Kier molecular flexibility index (Phi) is 4.53. The molecule has 0 amide bonds.